The van der Waals surface area contributed by atoms with Crippen molar-refractivity contribution in [1.29, 1.82) is 0 Å². The zero-order valence-corrected chi connectivity index (χ0v) is 22.3. The molecule has 0 spiro atoms. The summed E-state index contributed by atoms with van der Waals surface area (Å²) in [6, 6.07) is 26.3. The molecule has 186 valence electrons. The van der Waals surface area contributed by atoms with Gasteiger partial charge in [-0.2, -0.15) is 0 Å². The molecule has 0 N–H and O–H groups in total. The molecule has 1 unspecified atom stereocenters. The van der Waals surface area contributed by atoms with E-state index in [0.717, 1.165) is 63.7 Å². The molecule has 1 aliphatic rings. The lowest BCUT2D eigenvalue weighted by molar-refractivity contribution is 0.0953. The molecule has 5 nitrogen and oxygen atoms in total. The van der Waals surface area contributed by atoms with Gasteiger partial charge in [0.2, 0.25) is 0 Å². The molecule has 0 radical (unpaired) electrons. The summed E-state index contributed by atoms with van der Waals surface area (Å²) < 4.78 is 8.22. The number of pyridine rings is 1. The summed E-state index contributed by atoms with van der Waals surface area (Å²) in [5.74, 6) is 1.52. The van der Waals surface area contributed by atoms with Crippen LogP contribution in [0.15, 0.2) is 84.0 Å². The van der Waals surface area contributed by atoms with E-state index >= 15 is 0 Å². The normalized spacial score (nSPS) is 15.5. The lowest BCUT2D eigenvalue weighted by Gasteiger charge is -2.16. The number of halogens is 2. The van der Waals surface area contributed by atoms with Crippen LogP contribution in [0.25, 0.3) is 33.5 Å². The van der Waals surface area contributed by atoms with Crippen LogP contribution in [0, 0.1) is 0 Å². The van der Waals surface area contributed by atoms with E-state index in [9.17, 15) is 0 Å². The van der Waals surface area contributed by atoms with Crippen LogP contribution < -0.4 is 0 Å². The molecule has 37 heavy (non-hydrogen) atoms. The van der Waals surface area contributed by atoms with Crippen LogP contribution in [0.1, 0.15) is 18.4 Å². The first-order chi connectivity index (χ1) is 18.2. The second kappa shape index (κ2) is 10.8. The predicted molar refractivity (Wildman–Crippen MR) is 151 cm³/mol. The van der Waals surface area contributed by atoms with Gasteiger partial charge < -0.3 is 4.74 Å². The molecule has 8 heteroatoms. The minimum atomic E-state index is 0.140. The van der Waals surface area contributed by atoms with Crippen molar-refractivity contribution in [2.45, 2.75) is 36.4 Å². The fourth-order valence-corrected chi connectivity index (χ4v) is 5.86. The number of para-hydroxylation sites is 1. The Morgan fingerprint density at radius 2 is 1.76 bits per heavy atom. The number of ether oxygens (including phenoxy) is 1. The van der Waals surface area contributed by atoms with Crippen molar-refractivity contribution in [3.8, 4) is 22.6 Å². The van der Waals surface area contributed by atoms with Gasteiger partial charge in [0.05, 0.1) is 33.9 Å². The number of benzene rings is 3. The van der Waals surface area contributed by atoms with E-state index in [0.29, 0.717) is 22.3 Å². The summed E-state index contributed by atoms with van der Waals surface area (Å²) in [4.78, 5) is 4.95. The number of aromatic nitrogens is 4. The van der Waals surface area contributed by atoms with E-state index in [1.165, 1.54) is 0 Å². The molecule has 6 rings (SSSR count). The summed E-state index contributed by atoms with van der Waals surface area (Å²) >= 11 is 14.0. The highest BCUT2D eigenvalue weighted by Crippen LogP contribution is 2.35. The van der Waals surface area contributed by atoms with Gasteiger partial charge in [0.25, 0.3) is 0 Å². The summed E-state index contributed by atoms with van der Waals surface area (Å²) in [7, 11) is 0. The number of rotatable bonds is 7. The lowest BCUT2D eigenvalue weighted by Crippen LogP contribution is -2.16. The lowest BCUT2D eigenvalue weighted by atomic mass is 10.0. The molecule has 3 aromatic carbocycles. The Kier molecular flexibility index (Phi) is 7.16. The van der Waals surface area contributed by atoms with Crippen molar-refractivity contribution in [3.05, 3.63) is 94.5 Å². The molecular formula is C29H24Cl2N4OS. The second-order valence-electron chi connectivity index (χ2n) is 9.03. The van der Waals surface area contributed by atoms with Crippen LogP contribution in [-0.4, -0.2) is 32.5 Å². The van der Waals surface area contributed by atoms with Gasteiger partial charge in [-0.25, -0.2) is 4.98 Å². The minimum absolute atomic E-state index is 0.140. The smallest absolute Gasteiger partial charge is 0.191 e. The molecule has 5 aromatic rings. The standard InChI is InChI=1S/C29H24Cl2N4OS/c30-24-13-12-19(15-25(24)31)18-37-29-34-33-28(35(29)17-21-9-6-14-36-21)23-16-27(20-7-2-1-3-8-20)32-26-11-5-4-10-22(23)26/h1-5,7-8,10-13,15-16,21H,6,9,14,17-18H2. The van der Waals surface area contributed by atoms with Crippen molar-refractivity contribution in [2.75, 3.05) is 6.61 Å². The topological polar surface area (TPSA) is 52.8 Å². The van der Waals surface area contributed by atoms with Crippen LogP contribution in [0.5, 0.6) is 0 Å². The highest BCUT2D eigenvalue weighted by atomic mass is 35.5. The maximum atomic E-state index is 6.25. The molecule has 1 aliphatic heterocycles. The molecule has 3 heterocycles. The summed E-state index contributed by atoms with van der Waals surface area (Å²) in [6.45, 7) is 1.49. The van der Waals surface area contributed by atoms with Gasteiger partial charge in [0.1, 0.15) is 0 Å². The first-order valence-corrected chi connectivity index (χ1v) is 14.0. The predicted octanol–water partition coefficient (Wildman–Crippen LogP) is 7.94. The Bertz CT molecular complexity index is 1550. The van der Waals surface area contributed by atoms with Gasteiger partial charge in [-0.05, 0) is 42.7 Å². The molecule has 1 saturated heterocycles. The van der Waals surface area contributed by atoms with Crippen molar-refractivity contribution in [1.82, 2.24) is 19.7 Å². The largest absolute Gasteiger partial charge is 0.376 e. The third kappa shape index (κ3) is 5.25. The highest BCUT2D eigenvalue weighted by molar-refractivity contribution is 7.98. The zero-order valence-electron chi connectivity index (χ0n) is 20.0. The summed E-state index contributed by atoms with van der Waals surface area (Å²) in [5.41, 5.74) is 4.99. The van der Waals surface area contributed by atoms with Crippen molar-refractivity contribution < 1.29 is 4.74 Å². The first-order valence-electron chi connectivity index (χ1n) is 12.2. The third-order valence-corrected chi connectivity index (χ3v) is 8.28. The number of hydrogen-bond donors (Lipinski definition) is 0. The van der Waals surface area contributed by atoms with Crippen LogP contribution in [0.3, 0.4) is 0 Å². The van der Waals surface area contributed by atoms with Gasteiger partial charge in [-0.15, -0.1) is 10.2 Å². The van der Waals surface area contributed by atoms with E-state index in [1.807, 2.05) is 54.6 Å². The van der Waals surface area contributed by atoms with E-state index in [2.05, 4.69) is 33.9 Å². The Morgan fingerprint density at radius 3 is 2.57 bits per heavy atom. The van der Waals surface area contributed by atoms with Gasteiger partial charge >= 0.3 is 0 Å². The third-order valence-electron chi connectivity index (χ3n) is 6.51. The average molecular weight is 548 g/mol. The second-order valence-corrected chi connectivity index (χ2v) is 10.8. The van der Waals surface area contributed by atoms with Gasteiger partial charge in [0, 0.05) is 28.9 Å². The molecule has 0 amide bonds. The van der Waals surface area contributed by atoms with Gasteiger partial charge in [-0.1, -0.05) is 89.6 Å². The zero-order chi connectivity index (χ0) is 25.2. The SMILES string of the molecule is Clc1ccc(CSc2nnc(-c3cc(-c4ccccc4)nc4ccccc34)n2CC2CCCO2)cc1Cl. The van der Waals surface area contributed by atoms with Crippen molar-refractivity contribution in [3.63, 3.8) is 0 Å². The van der Waals surface area contributed by atoms with E-state index in [4.69, 9.17) is 38.0 Å². The van der Waals surface area contributed by atoms with E-state index < -0.39 is 0 Å². The number of fused-ring (bicyclic) bond motifs is 1. The Labute approximate surface area is 229 Å². The molecule has 1 fully saturated rings. The maximum absolute atomic E-state index is 6.25. The molecule has 0 bridgehead atoms. The molecule has 2 aromatic heterocycles. The van der Waals surface area contributed by atoms with Crippen molar-refractivity contribution in [2.24, 2.45) is 0 Å². The minimum Gasteiger partial charge on any atom is -0.376 e. The summed E-state index contributed by atoms with van der Waals surface area (Å²) in [5, 5.41) is 12.4. The van der Waals surface area contributed by atoms with Crippen LogP contribution in [0.4, 0.5) is 0 Å². The first kappa shape index (κ1) is 24.4. The van der Waals surface area contributed by atoms with Crippen LogP contribution >= 0.6 is 35.0 Å². The summed E-state index contributed by atoms with van der Waals surface area (Å²) in [6.07, 6.45) is 2.24. The Hall–Kier alpha value is -2.90. The monoisotopic (exact) mass is 546 g/mol. The average Bonchev–Trinajstić information content (AvgIpc) is 3.59. The fraction of sp³-hybridized carbons (Fsp3) is 0.207. The Morgan fingerprint density at radius 1 is 0.919 bits per heavy atom. The highest BCUT2D eigenvalue weighted by Gasteiger charge is 2.23. The van der Waals surface area contributed by atoms with E-state index in [1.54, 1.807) is 11.8 Å². The van der Waals surface area contributed by atoms with E-state index in [-0.39, 0.29) is 6.10 Å². The quantitative estimate of drug-likeness (QED) is 0.194. The molecule has 0 saturated carbocycles. The number of thioether (sulfide) groups is 1. The Balaban J connectivity index is 1.43. The van der Waals surface area contributed by atoms with Crippen molar-refractivity contribution >= 4 is 45.9 Å². The number of hydrogen-bond acceptors (Lipinski definition) is 5. The van der Waals surface area contributed by atoms with Crippen LogP contribution in [-0.2, 0) is 17.0 Å². The molecule has 0 aliphatic carbocycles. The van der Waals surface area contributed by atoms with Gasteiger partial charge in [0.15, 0.2) is 11.0 Å². The van der Waals surface area contributed by atoms with Gasteiger partial charge in [-0.3, -0.25) is 4.57 Å². The molecular weight excluding hydrogens is 523 g/mol. The number of nitrogens with zero attached hydrogens (tertiary/aromatic N) is 4. The fourth-order valence-electron chi connectivity index (χ4n) is 4.65. The maximum Gasteiger partial charge on any atom is 0.191 e. The molecule has 1 atom stereocenters. The van der Waals surface area contributed by atoms with Crippen LogP contribution in [0.2, 0.25) is 10.0 Å².